The number of aliphatic hydroxyl groups excluding tert-OH is 1. The van der Waals surface area contributed by atoms with Gasteiger partial charge in [0.05, 0.1) is 39.9 Å². The van der Waals surface area contributed by atoms with E-state index in [1.165, 1.54) is 276 Å². The zero-order valence-corrected chi connectivity index (χ0v) is 49.6. The highest BCUT2D eigenvalue weighted by Crippen LogP contribution is 2.38. The summed E-state index contributed by atoms with van der Waals surface area (Å²) >= 11 is 0. The van der Waals surface area contributed by atoms with Crippen molar-refractivity contribution in [3.05, 3.63) is 0 Å². The number of phosphoric acid groups is 1. The molecule has 1 amide bonds. The molecule has 0 radical (unpaired) electrons. The fourth-order valence-corrected chi connectivity index (χ4v) is 10.8. The number of unbranched alkanes of at least 4 members (excludes halogenated alkanes) is 47. The van der Waals surface area contributed by atoms with Gasteiger partial charge in [-0.3, -0.25) is 9.36 Å². The van der Waals surface area contributed by atoms with E-state index in [0.29, 0.717) is 23.9 Å². The van der Waals surface area contributed by atoms with Gasteiger partial charge in [-0.2, -0.15) is 0 Å². The van der Waals surface area contributed by atoms with Crippen LogP contribution in [0, 0.1) is 0 Å². The van der Waals surface area contributed by atoms with E-state index in [2.05, 4.69) is 19.2 Å². The molecule has 426 valence electrons. The lowest BCUT2D eigenvalue weighted by Crippen LogP contribution is -2.46. The highest BCUT2D eigenvalue weighted by atomic mass is 31.2. The summed E-state index contributed by atoms with van der Waals surface area (Å²) in [7, 11) is 1.33. The van der Waals surface area contributed by atoms with Crippen molar-refractivity contribution in [1.29, 1.82) is 0 Å². The number of phosphoric ester groups is 1. The molecule has 0 aliphatic rings. The Hall–Kier alpha value is -0.500. The first kappa shape index (κ1) is 70.5. The molecule has 0 aromatic rings. The first-order valence-electron chi connectivity index (χ1n) is 31.9. The maximum atomic E-state index is 13.0. The smallest absolute Gasteiger partial charge is 0.268 e. The van der Waals surface area contributed by atoms with E-state index in [1.807, 2.05) is 21.1 Å². The van der Waals surface area contributed by atoms with E-state index >= 15 is 0 Å². The van der Waals surface area contributed by atoms with Gasteiger partial charge in [-0.25, -0.2) is 0 Å². The molecule has 0 heterocycles. The van der Waals surface area contributed by atoms with Gasteiger partial charge in [0.15, 0.2) is 0 Å². The van der Waals surface area contributed by atoms with Gasteiger partial charge in [0, 0.05) is 6.42 Å². The number of quaternary nitrogens is 1. The van der Waals surface area contributed by atoms with Crippen LogP contribution >= 0.6 is 7.82 Å². The molecule has 0 aliphatic heterocycles. The summed E-state index contributed by atoms with van der Waals surface area (Å²) in [5.41, 5.74) is 0. The number of hydrogen-bond acceptors (Lipinski definition) is 6. The minimum Gasteiger partial charge on any atom is -0.756 e. The van der Waals surface area contributed by atoms with Crippen LogP contribution in [-0.2, 0) is 18.4 Å². The molecule has 3 unspecified atom stereocenters. The van der Waals surface area contributed by atoms with Gasteiger partial charge >= 0.3 is 0 Å². The van der Waals surface area contributed by atoms with Gasteiger partial charge in [0.2, 0.25) is 5.91 Å². The fourth-order valence-electron chi connectivity index (χ4n) is 10.1. The average Bonchev–Trinajstić information content (AvgIpc) is 3.33. The first-order chi connectivity index (χ1) is 34.5. The zero-order chi connectivity index (χ0) is 52.0. The SMILES string of the molecule is CCCCCCCCCCCCCCCCCCCCCCCCCCCCCCCCCCCC(O)C(COP(=O)([O-])OCC[N+](C)(C)C)NC(=O)CCCCCCCCCCCCCCCCCC. The third-order valence-corrected chi connectivity index (χ3v) is 16.1. The number of amides is 1. The summed E-state index contributed by atoms with van der Waals surface area (Å²) in [6, 6.07) is -0.795. The molecular formula is C62H127N2O6P. The molecule has 0 aromatic heterocycles. The van der Waals surface area contributed by atoms with Crippen molar-refractivity contribution >= 4 is 13.7 Å². The van der Waals surface area contributed by atoms with Crippen LogP contribution in [0.3, 0.4) is 0 Å². The van der Waals surface area contributed by atoms with Crippen molar-refractivity contribution in [2.75, 3.05) is 40.9 Å². The van der Waals surface area contributed by atoms with Crippen LogP contribution in [0.4, 0.5) is 0 Å². The van der Waals surface area contributed by atoms with Gasteiger partial charge in [0.1, 0.15) is 13.2 Å². The Labute approximate surface area is 444 Å². The number of aliphatic hydroxyl groups is 1. The molecular weight excluding hydrogens is 900 g/mol. The van der Waals surface area contributed by atoms with Gasteiger partial charge in [-0.1, -0.05) is 322 Å². The molecule has 9 heteroatoms. The van der Waals surface area contributed by atoms with Crippen molar-refractivity contribution in [3.8, 4) is 0 Å². The molecule has 0 aromatic carbocycles. The van der Waals surface area contributed by atoms with E-state index in [9.17, 15) is 19.4 Å². The molecule has 71 heavy (non-hydrogen) atoms. The summed E-state index contributed by atoms with van der Waals surface area (Å²) in [4.78, 5) is 25.5. The number of carbonyl (C=O) groups excluding carboxylic acids is 1. The van der Waals surface area contributed by atoms with E-state index in [0.717, 1.165) is 38.5 Å². The van der Waals surface area contributed by atoms with Gasteiger partial charge in [-0.15, -0.1) is 0 Å². The van der Waals surface area contributed by atoms with Crippen molar-refractivity contribution in [2.24, 2.45) is 0 Å². The Kier molecular flexibility index (Phi) is 53.9. The van der Waals surface area contributed by atoms with Gasteiger partial charge in [-0.05, 0) is 12.8 Å². The van der Waals surface area contributed by atoms with Crippen LogP contribution in [-0.4, -0.2) is 68.5 Å². The highest BCUT2D eigenvalue weighted by Gasteiger charge is 2.24. The number of hydrogen-bond donors (Lipinski definition) is 2. The predicted molar refractivity (Wildman–Crippen MR) is 307 cm³/mol. The number of likely N-dealkylation sites (N-methyl/N-ethyl adjacent to an activating group) is 1. The van der Waals surface area contributed by atoms with Gasteiger partial charge < -0.3 is 28.8 Å². The summed E-state index contributed by atoms with van der Waals surface area (Å²) in [6.45, 7) is 4.78. The molecule has 0 rings (SSSR count). The van der Waals surface area contributed by atoms with Crippen LogP contribution in [0.25, 0.3) is 0 Å². The lowest BCUT2D eigenvalue weighted by Gasteiger charge is -2.30. The van der Waals surface area contributed by atoms with Gasteiger partial charge in [0.25, 0.3) is 7.82 Å². The summed E-state index contributed by atoms with van der Waals surface area (Å²) in [6.07, 6.45) is 65.9. The Bertz CT molecular complexity index is 1120. The Morgan fingerprint density at radius 3 is 0.958 bits per heavy atom. The molecule has 0 saturated carbocycles. The van der Waals surface area contributed by atoms with Crippen molar-refractivity contribution in [3.63, 3.8) is 0 Å². The number of carbonyl (C=O) groups is 1. The van der Waals surface area contributed by atoms with Crippen LogP contribution < -0.4 is 10.2 Å². The monoisotopic (exact) mass is 1030 g/mol. The van der Waals surface area contributed by atoms with Crippen LogP contribution in [0.15, 0.2) is 0 Å². The Morgan fingerprint density at radius 2 is 0.690 bits per heavy atom. The molecule has 0 fully saturated rings. The second-order valence-electron chi connectivity index (χ2n) is 23.5. The number of nitrogens with zero attached hydrogens (tertiary/aromatic N) is 1. The van der Waals surface area contributed by atoms with E-state index in [4.69, 9.17) is 9.05 Å². The highest BCUT2D eigenvalue weighted by molar-refractivity contribution is 7.45. The molecule has 8 nitrogen and oxygen atoms in total. The normalized spacial score (nSPS) is 13.7. The summed E-state index contributed by atoms with van der Waals surface area (Å²) in [5.74, 6) is -0.157. The van der Waals surface area contributed by atoms with Crippen LogP contribution in [0.2, 0.25) is 0 Å². The van der Waals surface area contributed by atoms with Crippen LogP contribution in [0.1, 0.15) is 341 Å². The largest absolute Gasteiger partial charge is 0.756 e. The second-order valence-corrected chi connectivity index (χ2v) is 24.9. The number of rotatable bonds is 60. The van der Waals surface area contributed by atoms with Crippen molar-refractivity contribution < 1.29 is 32.9 Å². The van der Waals surface area contributed by atoms with E-state index in [-0.39, 0.29) is 19.1 Å². The topological polar surface area (TPSA) is 108 Å². The standard InChI is InChI=1S/C62H127N2O6P/c1-6-8-10-12-14-16-18-20-22-24-25-26-27-28-29-30-31-32-33-34-35-36-37-38-39-40-41-43-45-47-49-51-53-55-61(65)60(59-70-71(67,68)69-58-57-64(3,4)5)63-62(66)56-54-52-50-48-46-44-42-23-21-19-17-15-13-11-9-7-2/h60-61,65H,6-59H2,1-5H3,(H-,63,66,67,68). The minimum absolute atomic E-state index is 0.0167. The summed E-state index contributed by atoms with van der Waals surface area (Å²) < 4.78 is 23.5. The average molecular weight is 1030 g/mol. The minimum atomic E-state index is -4.57. The first-order valence-corrected chi connectivity index (χ1v) is 33.3. The molecule has 0 bridgehead atoms. The lowest BCUT2D eigenvalue weighted by molar-refractivity contribution is -0.870. The maximum Gasteiger partial charge on any atom is 0.268 e. The fraction of sp³-hybridized carbons (Fsp3) is 0.984. The lowest BCUT2D eigenvalue weighted by atomic mass is 10.0. The second kappa shape index (κ2) is 54.3. The van der Waals surface area contributed by atoms with Crippen LogP contribution in [0.5, 0.6) is 0 Å². The molecule has 0 spiro atoms. The zero-order valence-electron chi connectivity index (χ0n) is 48.7. The quantitative estimate of drug-likeness (QED) is 0.0357. The Balaban J connectivity index is 3.95. The molecule has 0 saturated heterocycles. The van der Waals surface area contributed by atoms with Crippen molar-refractivity contribution in [2.45, 2.75) is 353 Å². The predicted octanol–water partition coefficient (Wildman–Crippen LogP) is 19.0. The Morgan fingerprint density at radius 1 is 0.437 bits per heavy atom. The van der Waals surface area contributed by atoms with Crippen molar-refractivity contribution in [1.82, 2.24) is 5.32 Å². The maximum absolute atomic E-state index is 13.0. The molecule has 2 N–H and O–H groups in total. The molecule has 0 aliphatic carbocycles. The molecule has 3 atom stereocenters. The number of nitrogens with one attached hydrogen (secondary N) is 1. The van der Waals surface area contributed by atoms with E-state index < -0.39 is 20.0 Å². The van der Waals surface area contributed by atoms with E-state index in [1.54, 1.807) is 0 Å². The third kappa shape index (κ3) is 57.1. The summed E-state index contributed by atoms with van der Waals surface area (Å²) in [5, 5.41) is 14.1. The third-order valence-electron chi connectivity index (χ3n) is 15.1.